The summed E-state index contributed by atoms with van der Waals surface area (Å²) in [5.41, 5.74) is 1.24. The molecule has 15 heavy (non-hydrogen) atoms. The van der Waals surface area contributed by atoms with E-state index < -0.39 is 0 Å². The highest BCUT2D eigenvalue weighted by molar-refractivity contribution is 9.10. The Balaban J connectivity index is 2.34. The minimum atomic E-state index is -0.329. The smallest absolute Gasteiger partial charge is 0.240 e. The van der Waals surface area contributed by atoms with Crippen molar-refractivity contribution in [2.24, 2.45) is 0 Å². The maximum absolute atomic E-state index is 13.6. The predicted octanol–water partition coefficient (Wildman–Crippen LogP) is 2.63. The standard InChI is InChI=1S/C11H11BrFNO/c1-7-2-3-10(9(13)6-7)14-5-4-8(12)11(14)15/h2-3,6,8H,4-5H2,1H3. The van der Waals surface area contributed by atoms with E-state index in [-0.39, 0.29) is 16.6 Å². The molecule has 1 heterocycles. The summed E-state index contributed by atoms with van der Waals surface area (Å²) in [4.78, 5) is 13.0. The SMILES string of the molecule is Cc1ccc(N2CCC(Br)C2=O)c(F)c1. The average Bonchev–Trinajstić information content (AvgIpc) is 2.49. The van der Waals surface area contributed by atoms with Crippen LogP contribution >= 0.6 is 15.9 Å². The number of nitrogens with zero attached hydrogens (tertiary/aromatic N) is 1. The van der Waals surface area contributed by atoms with E-state index in [1.54, 1.807) is 6.07 Å². The van der Waals surface area contributed by atoms with Gasteiger partial charge < -0.3 is 4.90 Å². The Morgan fingerprint density at radius 1 is 1.53 bits per heavy atom. The molecule has 2 rings (SSSR count). The molecule has 1 aliphatic heterocycles. The summed E-state index contributed by atoms with van der Waals surface area (Å²) in [5, 5.41) is 0. The second-order valence-corrected chi connectivity index (χ2v) is 4.81. The fraction of sp³-hybridized carbons (Fsp3) is 0.364. The van der Waals surface area contributed by atoms with Gasteiger partial charge >= 0.3 is 0 Å². The molecule has 0 radical (unpaired) electrons. The van der Waals surface area contributed by atoms with Crippen molar-refractivity contribution >= 4 is 27.5 Å². The van der Waals surface area contributed by atoms with Crippen molar-refractivity contribution in [3.63, 3.8) is 0 Å². The number of hydrogen-bond acceptors (Lipinski definition) is 1. The van der Waals surface area contributed by atoms with Gasteiger partial charge in [0.1, 0.15) is 5.82 Å². The molecule has 1 aromatic rings. The van der Waals surface area contributed by atoms with Crippen LogP contribution in [0, 0.1) is 12.7 Å². The maximum atomic E-state index is 13.6. The third-order valence-corrected chi connectivity index (χ3v) is 3.38. The third kappa shape index (κ3) is 1.91. The lowest BCUT2D eigenvalue weighted by atomic mass is 10.2. The summed E-state index contributed by atoms with van der Waals surface area (Å²) in [7, 11) is 0. The molecule has 1 saturated heterocycles. The molecule has 1 fully saturated rings. The molecule has 1 aliphatic rings. The molecule has 0 N–H and O–H groups in total. The molecule has 0 saturated carbocycles. The third-order valence-electron chi connectivity index (χ3n) is 2.53. The van der Waals surface area contributed by atoms with Crippen LogP contribution in [0.3, 0.4) is 0 Å². The Morgan fingerprint density at radius 2 is 2.27 bits per heavy atom. The summed E-state index contributed by atoms with van der Waals surface area (Å²) >= 11 is 3.27. The van der Waals surface area contributed by atoms with Gasteiger partial charge in [0.25, 0.3) is 0 Å². The summed E-state index contributed by atoms with van der Waals surface area (Å²) < 4.78 is 13.6. The van der Waals surface area contributed by atoms with Gasteiger partial charge in [-0.1, -0.05) is 22.0 Å². The largest absolute Gasteiger partial charge is 0.309 e. The molecule has 0 aromatic heterocycles. The van der Waals surface area contributed by atoms with Crippen LogP contribution in [0.2, 0.25) is 0 Å². The second kappa shape index (κ2) is 3.93. The van der Waals surface area contributed by atoms with Gasteiger partial charge in [0.2, 0.25) is 5.91 Å². The second-order valence-electron chi connectivity index (χ2n) is 3.70. The first-order chi connectivity index (χ1) is 7.09. The Morgan fingerprint density at radius 3 is 2.80 bits per heavy atom. The van der Waals surface area contributed by atoms with Gasteiger partial charge in [-0.05, 0) is 31.0 Å². The zero-order valence-electron chi connectivity index (χ0n) is 8.34. The maximum Gasteiger partial charge on any atom is 0.240 e. The van der Waals surface area contributed by atoms with E-state index in [2.05, 4.69) is 15.9 Å². The zero-order chi connectivity index (χ0) is 11.0. The van der Waals surface area contributed by atoms with Crippen molar-refractivity contribution in [1.29, 1.82) is 0 Å². The van der Waals surface area contributed by atoms with E-state index in [1.807, 2.05) is 13.0 Å². The Hall–Kier alpha value is -0.900. The predicted molar refractivity (Wildman–Crippen MR) is 60.8 cm³/mol. The molecular formula is C11H11BrFNO. The van der Waals surface area contributed by atoms with E-state index in [9.17, 15) is 9.18 Å². The number of carbonyl (C=O) groups is 1. The number of aryl methyl sites for hydroxylation is 1. The lowest BCUT2D eigenvalue weighted by Gasteiger charge is -2.16. The fourth-order valence-corrected chi connectivity index (χ4v) is 2.17. The summed E-state index contributed by atoms with van der Waals surface area (Å²) in [6, 6.07) is 4.92. The first-order valence-corrected chi connectivity index (χ1v) is 5.73. The minimum absolute atomic E-state index is 0.0576. The van der Waals surface area contributed by atoms with Crippen LogP contribution in [0.25, 0.3) is 0 Å². The number of alkyl halides is 1. The van der Waals surface area contributed by atoms with E-state index >= 15 is 0 Å². The van der Waals surface area contributed by atoms with Gasteiger partial charge in [-0.15, -0.1) is 0 Å². The minimum Gasteiger partial charge on any atom is -0.309 e. The highest BCUT2D eigenvalue weighted by atomic mass is 79.9. The molecule has 0 aliphatic carbocycles. The molecule has 0 bridgehead atoms. The normalized spacial score (nSPS) is 21.1. The number of rotatable bonds is 1. The van der Waals surface area contributed by atoms with Crippen LogP contribution in [0.5, 0.6) is 0 Å². The highest BCUT2D eigenvalue weighted by Gasteiger charge is 2.31. The van der Waals surface area contributed by atoms with Crippen molar-refractivity contribution in [2.75, 3.05) is 11.4 Å². The summed E-state index contributed by atoms with van der Waals surface area (Å²) in [6.45, 7) is 2.40. The molecule has 1 aromatic carbocycles. The summed E-state index contributed by atoms with van der Waals surface area (Å²) in [6.07, 6.45) is 0.728. The van der Waals surface area contributed by atoms with Crippen LogP contribution in [0.1, 0.15) is 12.0 Å². The van der Waals surface area contributed by atoms with E-state index in [4.69, 9.17) is 0 Å². The zero-order valence-corrected chi connectivity index (χ0v) is 9.92. The Kier molecular flexibility index (Phi) is 2.78. The topological polar surface area (TPSA) is 20.3 Å². The molecule has 2 nitrogen and oxygen atoms in total. The summed E-state index contributed by atoms with van der Waals surface area (Å²) in [5.74, 6) is -0.386. The Labute approximate surface area is 96.2 Å². The Bertz CT molecular complexity index is 408. The number of hydrogen-bond donors (Lipinski definition) is 0. The molecule has 1 unspecified atom stereocenters. The number of halogens is 2. The van der Waals surface area contributed by atoms with E-state index in [0.29, 0.717) is 12.2 Å². The molecular weight excluding hydrogens is 261 g/mol. The number of benzene rings is 1. The van der Waals surface area contributed by atoms with Crippen molar-refractivity contribution < 1.29 is 9.18 Å². The van der Waals surface area contributed by atoms with Crippen molar-refractivity contribution in [2.45, 2.75) is 18.2 Å². The highest BCUT2D eigenvalue weighted by Crippen LogP contribution is 2.27. The molecule has 1 atom stereocenters. The number of carbonyl (C=O) groups excluding carboxylic acids is 1. The molecule has 80 valence electrons. The van der Waals surface area contributed by atoms with Gasteiger partial charge in [-0.2, -0.15) is 0 Å². The average molecular weight is 272 g/mol. The van der Waals surface area contributed by atoms with Gasteiger partial charge in [0.05, 0.1) is 10.5 Å². The van der Waals surface area contributed by atoms with Crippen molar-refractivity contribution in [3.8, 4) is 0 Å². The van der Waals surface area contributed by atoms with Crippen LogP contribution in [-0.2, 0) is 4.79 Å². The lowest BCUT2D eigenvalue weighted by molar-refractivity contribution is -0.116. The van der Waals surface area contributed by atoms with E-state index in [1.165, 1.54) is 11.0 Å². The van der Waals surface area contributed by atoms with E-state index in [0.717, 1.165) is 12.0 Å². The monoisotopic (exact) mass is 271 g/mol. The van der Waals surface area contributed by atoms with Gasteiger partial charge in [-0.25, -0.2) is 4.39 Å². The van der Waals surface area contributed by atoms with Crippen LogP contribution in [0.15, 0.2) is 18.2 Å². The van der Waals surface area contributed by atoms with Crippen molar-refractivity contribution in [3.05, 3.63) is 29.6 Å². The van der Waals surface area contributed by atoms with Gasteiger partial charge in [0.15, 0.2) is 0 Å². The fourth-order valence-electron chi connectivity index (χ4n) is 1.72. The quantitative estimate of drug-likeness (QED) is 0.720. The molecule has 1 amide bonds. The van der Waals surface area contributed by atoms with Gasteiger partial charge in [-0.3, -0.25) is 4.79 Å². The molecule has 0 spiro atoms. The molecule has 4 heteroatoms. The van der Waals surface area contributed by atoms with Crippen LogP contribution in [0.4, 0.5) is 10.1 Å². The van der Waals surface area contributed by atoms with Crippen LogP contribution < -0.4 is 4.90 Å². The number of anilines is 1. The van der Waals surface area contributed by atoms with Gasteiger partial charge in [0, 0.05) is 6.54 Å². The first kappa shape index (κ1) is 10.6. The lowest BCUT2D eigenvalue weighted by Crippen LogP contribution is -2.27. The van der Waals surface area contributed by atoms with Crippen LogP contribution in [-0.4, -0.2) is 17.3 Å². The van der Waals surface area contributed by atoms with Crippen molar-refractivity contribution in [1.82, 2.24) is 0 Å². The first-order valence-electron chi connectivity index (χ1n) is 4.81. The number of amides is 1.